The fraction of sp³-hybridized carbons (Fsp3) is 0.333. The molecule has 2 aromatic rings. The lowest BCUT2D eigenvalue weighted by molar-refractivity contribution is -0.117. The zero-order valence-corrected chi connectivity index (χ0v) is 14.9. The minimum absolute atomic E-state index is 0. The van der Waals surface area contributed by atoms with Crippen LogP contribution >= 0.6 is 11.3 Å². The topological polar surface area (TPSA) is 105 Å². The van der Waals surface area contributed by atoms with Gasteiger partial charge in [-0.2, -0.15) is 0 Å². The Morgan fingerprint density at radius 2 is 2.04 bits per heavy atom. The molecule has 1 aromatic heterocycles. The number of anilines is 2. The Hall–Kier alpha value is -1.97. The van der Waals surface area contributed by atoms with Crippen molar-refractivity contribution in [3.8, 4) is 0 Å². The number of nitrogens with two attached hydrogens (primary N) is 1. The molecule has 134 valence electrons. The van der Waals surface area contributed by atoms with E-state index in [2.05, 4.69) is 9.71 Å². The number of hydrogen-bond donors (Lipinski definition) is 2. The van der Waals surface area contributed by atoms with Gasteiger partial charge in [-0.15, -0.1) is 11.3 Å². The molecule has 1 aliphatic rings. The summed E-state index contributed by atoms with van der Waals surface area (Å²) in [4.78, 5) is 17.4. The summed E-state index contributed by atoms with van der Waals surface area (Å²) in [6.45, 7) is 3.34. The van der Waals surface area contributed by atoms with Gasteiger partial charge in [0, 0.05) is 33.1 Å². The summed E-state index contributed by atoms with van der Waals surface area (Å²) in [6, 6.07) is 6.30. The first-order valence-electron chi connectivity index (χ1n) is 7.50. The molecule has 0 bridgehead atoms. The van der Waals surface area contributed by atoms with E-state index >= 15 is 0 Å². The van der Waals surface area contributed by atoms with Gasteiger partial charge in [0.15, 0.2) is 5.13 Å². The molecule has 2 heterocycles. The van der Waals surface area contributed by atoms with Crippen molar-refractivity contribution >= 4 is 38.1 Å². The van der Waals surface area contributed by atoms with Crippen molar-refractivity contribution < 1.29 is 16.1 Å². The molecule has 0 saturated carbocycles. The van der Waals surface area contributed by atoms with E-state index in [1.807, 2.05) is 6.92 Å². The van der Waals surface area contributed by atoms with Gasteiger partial charge in [-0.25, -0.2) is 13.4 Å². The number of thiazole rings is 1. The second kappa shape index (κ2) is 8.22. The first kappa shape index (κ1) is 18.4. The number of nitrogens with zero attached hydrogens (tertiary/aromatic N) is 2. The van der Waals surface area contributed by atoms with Crippen molar-refractivity contribution in [1.29, 1.82) is 0 Å². The van der Waals surface area contributed by atoms with Crippen molar-refractivity contribution in [2.24, 2.45) is 5.73 Å². The van der Waals surface area contributed by atoms with Gasteiger partial charge in [-0.05, 0) is 37.2 Å². The predicted octanol–water partition coefficient (Wildman–Crippen LogP) is 2.53. The molecular formula is C15H24N4O3S2. The van der Waals surface area contributed by atoms with E-state index in [1.54, 1.807) is 22.4 Å². The minimum atomic E-state index is -3.64. The van der Waals surface area contributed by atoms with Crippen molar-refractivity contribution in [1.82, 2.24) is 4.98 Å². The Morgan fingerprint density at radius 1 is 1.38 bits per heavy atom. The summed E-state index contributed by atoms with van der Waals surface area (Å²) in [5.74, 6) is 0.0755. The standard InChI is InChI=1S/C13H13N3O3S2.C2H7N.2H2/c17-12-2-1-8-16(12)10-3-5-11(6-4-10)21(18,19)15-13-14-7-9-20-13;1-2-3;;/h3-7,9H,1-2,8H2,(H,14,15);2-3H2,1H3;2*1H. The van der Waals surface area contributed by atoms with Gasteiger partial charge in [0.1, 0.15) is 0 Å². The number of nitrogens with one attached hydrogen (secondary N) is 1. The summed E-state index contributed by atoms with van der Waals surface area (Å²) in [5, 5.41) is 2.02. The second-order valence-corrected chi connectivity index (χ2v) is 7.57. The van der Waals surface area contributed by atoms with Crippen LogP contribution in [0.25, 0.3) is 0 Å². The SMILES string of the molecule is CCN.O=C1CCCN1c1ccc(S(=O)(=O)Nc2nccs2)cc1.[HH].[HH]. The minimum Gasteiger partial charge on any atom is -0.331 e. The quantitative estimate of drug-likeness (QED) is 0.858. The molecule has 0 radical (unpaired) electrons. The highest BCUT2D eigenvalue weighted by atomic mass is 32.2. The summed E-state index contributed by atoms with van der Waals surface area (Å²) in [6.07, 6.45) is 2.92. The molecule has 0 spiro atoms. The molecule has 3 rings (SSSR count). The van der Waals surface area contributed by atoms with Crippen LogP contribution in [0.5, 0.6) is 0 Å². The summed E-state index contributed by atoms with van der Waals surface area (Å²) in [7, 11) is -3.64. The maximum Gasteiger partial charge on any atom is 0.263 e. The number of benzene rings is 1. The second-order valence-electron chi connectivity index (χ2n) is 4.99. The molecule has 1 aliphatic heterocycles. The normalized spacial score (nSPS) is 14.2. The van der Waals surface area contributed by atoms with Crippen LogP contribution in [0.1, 0.15) is 22.6 Å². The first-order chi connectivity index (χ1) is 11.5. The number of carbonyl (C=O) groups is 1. The average molecular weight is 373 g/mol. The number of rotatable bonds is 4. The molecule has 0 aliphatic carbocycles. The van der Waals surface area contributed by atoms with Crippen LogP contribution in [-0.4, -0.2) is 32.4 Å². The highest BCUT2D eigenvalue weighted by Gasteiger charge is 2.22. The Bertz CT molecular complexity index is 769. The molecule has 0 unspecified atom stereocenters. The highest BCUT2D eigenvalue weighted by Crippen LogP contribution is 2.24. The van der Waals surface area contributed by atoms with Crippen molar-refractivity contribution in [3.63, 3.8) is 0 Å². The van der Waals surface area contributed by atoms with Gasteiger partial charge in [-0.1, -0.05) is 6.92 Å². The summed E-state index contributed by atoms with van der Waals surface area (Å²) in [5.41, 5.74) is 5.57. The number of hydrogen-bond acceptors (Lipinski definition) is 6. The van der Waals surface area contributed by atoms with Crippen molar-refractivity contribution in [2.75, 3.05) is 22.7 Å². The highest BCUT2D eigenvalue weighted by molar-refractivity contribution is 7.93. The monoisotopic (exact) mass is 372 g/mol. The number of amides is 1. The molecular weight excluding hydrogens is 348 g/mol. The van der Waals surface area contributed by atoms with Gasteiger partial charge in [0.25, 0.3) is 10.0 Å². The Kier molecular flexibility index (Phi) is 6.29. The zero-order chi connectivity index (χ0) is 17.6. The summed E-state index contributed by atoms with van der Waals surface area (Å²) < 4.78 is 26.8. The van der Waals surface area contributed by atoms with Crippen LogP contribution in [0, 0.1) is 0 Å². The maximum absolute atomic E-state index is 12.2. The van der Waals surface area contributed by atoms with E-state index < -0.39 is 10.0 Å². The number of aromatic nitrogens is 1. The van der Waals surface area contributed by atoms with Crippen LogP contribution in [0.2, 0.25) is 0 Å². The molecule has 3 N–H and O–H groups in total. The first-order valence-corrected chi connectivity index (χ1v) is 9.87. The smallest absolute Gasteiger partial charge is 0.263 e. The van der Waals surface area contributed by atoms with E-state index in [0.29, 0.717) is 18.1 Å². The van der Waals surface area contributed by atoms with Crippen LogP contribution in [0.4, 0.5) is 10.8 Å². The number of sulfonamides is 1. The Balaban J connectivity index is 0.00000117. The molecule has 1 aromatic carbocycles. The van der Waals surface area contributed by atoms with E-state index in [1.165, 1.54) is 29.7 Å². The van der Waals surface area contributed by atoms with E-state index in [9.17, 15) is 13.2 Å². The van der Waals surface area contributed by atoms with Gasteiger partial charge in [-0.3, -0.25) is 9.52 Å². The number of carbonyl (C=O) groups excluding carboxylic acids is 1. The van der Waals surface area contributed by atoms with Crippen LogP contribution < -0.4 is 15.4 Å². The largest absolute Gasteiger partial charge is 0.331 e. The third-order valence-corrected chi connectivity index (χ3v) is 5.36. The molecule has 24 heavy (non-hydrogen) atoms. The van der Waals surface area contributed by atoms with Crippen molar-refractivity contribution in [2.45, 2.75) is 24.7 Å². The third kappa shape index (κ3) is 4.53. The fourth-order valence-electron chi connectivity index (χ4n) is 2.17. The van der Waals surface area contributed by atoms with E-state index in [0.717, 1.165) is 18.7 Å². The van der Waals surface area contributed by atoms with Crippen LogP contribution in [-0.2, 0) is 14.8 Å². The third-order valence-electron chi connectivity index (χ3n) is 3.19. The molecule has 1 fully saturated rings. The van der Waals surface area contributed by atoms with Gasteiger partial charge in [0.2, 0.25) is 5.91 Å². The van der Waals surface area contributed by atoms with Crippen molar-refractivity contribution in [3.05, 3.63) is 35.8 Å². The van der Waals surface area contributed by atoms with E-state index in [-0.39, 0.29) is 13.7 Å². The zero-order valence-electron chi connectivity index (χ0n) is 13.3. The maximum atomic E-state index is 12.2. The molecule has 0 atom stereocenters. The lowest BCUT2D eigenvalue weighted by atomic mass is 10.3. The predicted molar refractivity (Wildman–Crippen MR) is 99.9 cm³/mol. The van der Waals surface area contributed by atoms with E-state index in [4.69, 9.17) is 5.73 Å². The van der Waals surface area contributed by atoms with Gasteiger partial charge < -0.3 is 10.6 Å². The average Bonchev–Trinajstić information content (AvgIpc) is 3.19. The lowest BCUT2D eigenvalue weighted by Gasteiger charge is -2.16. The van der Waals surface area contributed by atoms with Crippen LogP contribution in [0.3, 0.4) is 0 Å². The van der Waals surface area contributed by atoms with Gasteiger partial charge >= 0.3 is 0 Å². The Labute approximate surface area is 148 Å². The molecule has 1 saturated heterocycles. The van der Waals surface area contributed by atoms with Crippen LogP contribution in [0.15, 0.2) is 40.7 Å². The molecule has 9 heteroatoms. The van der Waals surface area contributed by atoms with Gasteiger partial charge in [0.05, 0.1) is 4.90 Å². The Morgan fingerprint density at radius 3 is 2.54 bits per heavy atom. The fourth-order valence-corrected chi connectivity index (χ4v) is 3.96. The molecule has 7 nitrogen and oxygen atoms in total. The molecule has 1 amide bonds. The lowest BCUT2D eigenvalue weighted by Crippen LogP contribution is -2.23. The summed E-state index contributed by atoms with van der Waals surface area (Å²) >= 11 is 1.21.